The van der Waals surface area contributed by atoms with E-state index in [1.54, 1.807) is 4.90 Å². The lowest BCUT2D eigenvalue weighted by Crippen LogP contribution is -2.45. The van der Waals surface area contributed by atoms with Crippen molar-refractivity contribution in [1.82, 2.24) is 15.3 Å². The first kappa shape index (κ1) is 20.0. The molecule has 2 aromatic rings. The summed E-state index contributed by atoms with van der Waals surface area (Å²) in [6, 6.07) is 3.56. The first-order valence-corrected chi connectivity index (χ1v) is 8.57. The summed E-state index contributed by atoms with van der Waals surface area (Å²) < 4.78 is 65.0. The molecule has 0 unspecified atom stereocenters. The predicted octanol–water partition coefficient (Wildman–Crippen LogP) is 3.48. The van der Waals surface area contributed by atoms with Crippen LogP contribution in [0, 0.1) is 18.6 Å². The SMILES string of the molecule is Cc1nc(N2CCC(NC(=O)c3ccc(F)c(F)c3)CC2)cc(C(F)(F)F)n1. The van der Waals surface area contributed by atoms with E-state index in [2.05, 4.69) is 15.3 Å². The van der Waals surface area contributed by atoms with Crippen LogP contribution in [0.4, 0.5) is 27.8 Å². The molecule has 1 aliphatic rings. The molecule has 1 amide bonds. The molecule has 0 saturated carbocycles. The number of aryl methyl sites for hydroxylation is 1. The molecule has 0 aliphatic carbocycles. The Morgan fingerprint density at radius 2 is 1.79 bits per heavy atom. The normalized spacial score (nSPS) is 15.6. The number of anilines is 1. The van der Waals surface area contributed by atoms with E-state index in [1.807, 2.05) is 0 Å². The molecule has 150 valence electrons. The van der Waals surface area contributed by atoms with Crippen LogP contribution in [0.2, 0.25) is 0 Å². The van der Waals surface area contributed by atoms with E-state index in [0.29, 0.717) is 25.9 Å². The van der Waals surface area contributed by atoms with E-state index < -0.39 is 29.4 Å². The van der Waals surface area contributed by atoms with Gasteiger partial charge in [-0.1, -0.05) is 0 Å². The van der Waals surface area contributed by atoms with Gasteiger partial charge in [-0.3, -0.25) is 4.79 Å². The van der Waals surface area contributed by atoms with E-state index in [4.69, 9.17) is 0 Å². The maximum atomic E-state index is 13.3. The molecular weight excluding hydrogens is 383 g/mol. The highest BCUT2D eigenvalue weighted by molar-refractivity contribution is 5.94. The number of rotatable bonds is 3. The smallest absolute Gasteiger partial charge is 0.356 e. The third-order valence-electron chi connectivity index (χ3n) is 4.45. The van der Waals surface area contributed by atoms with Crippen molar-refractivity contribution in [3.05, 3.63) is 53.0 Å². The average Bonchev–Trinajstić information content (AvgIpc) is 2.63. The van der Waals surface area contributed by atoms with Gasteiger partial charge in [0.05, 0.1) is 0 Å². The number of hydrogen-bond donors (Lipinski definition) is 1. The molecule has 5 nitrogen and oxygen atoms in total. The second kappa shape index (κ2) is 7.69. The second-order valence-electron chi connectivity index (χ2n) is 6.52. The van der Waals surface area contributed by atoms with Gasteiger partial charge >= 0.3 is 6.18 Å². The minimum absolute atomic E-state index is 0.00238. The van der Waals surface area contributed by atoms with Crippen LogP contribution in [0.15, 0.2) is 24.3 Å². The lowest BCUT2D eigenvalue weighted by molar-refractivity contribution is -0.141. The monoisotopic (exact) mass is 400 g/mol. The van der Waals surface area contributed by atoms with Gasteiger partial charge < -0.3 is 10.2 Å². The summed E-state index contributed by atoms with van der Waals surface area (Å²) in [5.41, 5.74) is -0.994. The van der Waals surface area contributed by atoms with E-state index in [0.717, 1.165) is 18.2 Å². The Labute approximate surface area is 157 Å². The zero-order valence-electron chi connectivity index (χ0n) is 14.9. The lowest BCUT2D eigenvalue weighted by atomic mass is 10.0. The van der Waals surface area contributed by atoms with Gasteiger partial charge in [-0.15, -0.1) is 0 Å². The Morgan fingerprint density at radius 1 is 1.11 bits per heavy atom. The summed E-state index contributed by atoms with van der Waals surface area (Å²) in [5.74, 6) is -2.47. The van der Waals surface area contributed by atoms with E-state index in [9.17, 15) is 26.7 Å². The number of benzene rings is 1. The van der Waals surface area contributed by atoms with Gasteiger partial charge in [-0.25, -0.2) is 18.7 Å². The molecule has 1 N–H and O–H groups in total. The zero-order chi connectivity index (χ0) is 20.5. The number of amides is 1. The third kappa shape index (κ3) is 4.55. The quantitative estimate of drug-likeness (QED) is 0.802. The summed E-state index contributed by atoms with van der Waals surface area (Å²) >= 11 is 0. The number of nitrogens with one attached hydrogen (secondary N) is 1. The lowest BCUT2D eigenvalue weighted by Gasteiger charge is -2.33. The van der Waals surface area contributed by atoms with Crippen molar-refractivity contribution in [3.8, 4) is 0 Å². The molecule has 1 saturated heterocycles. The van der Waals surface area contributed by atoms with Gasteiger partial charge in [0.15, 0.2) is 11.6 Å². The van der Waals surface area contributed by atoms with Crippen molar-refractivity contribution < 1.29 is 26.7 Å². The van der Waals surface area contributed by atoms with Crippen LogP contribution in [0.25, 0.3) is 0 Å². The standard InChI is InChI=1S/C18H17F5N4O/c1-10-24-15(18(21,22)23)9-16(25-10)27-6-4-12(5-7-27)26-17(28)11-2-3-13(19)14(20)8-11/h2-3,8-9,12H,4-7H2,1H3,(H,26,28). The molecule has 1 fully saturated rings. The van der Waals surface area contributed by atoms with Gasteiger partial charge in [0, 0.05) is 30.8 Å². The zero-order valence-corrected chi connectivity index (χ0v) is 14.9. The van der Waals surface area contributed by atoms with E-state index >= 15 is 0 Å². The Morgan fingerprint density at radius 3 is 2.39 bits per heavy atom. The molecule has 10 heteroatoms. The molecule has 0 spiro atoms. The molecule has 0 radical (unpaired) electrons. The first-order valence-electron chi connectivity index (χ1n) is 8.57. The number of hydrogen-bond acceptors (Lipinski definition) is 4. The molecule has 2 heterocycles. The van der Waals surface area contributed by atoms with E-state index in [1.165, 1.54) is 13.0 Å². The molecule has 1 aromatic carbocycles. The topological polar surface area (TPSA) is 58.1 Å². The summed E-state index contributed by atoms with van der Waals surface area (Å²) in [6.07, 6.45) is -3.61. The van der Waals surface area contributed by atoms with Gasteiger partial charge in [0.25, 0.3) is 5.91 Å². The Kier molecular flexibility index (Phi) is 5.48. The van der Waals surface area contributed by atoms with Crippen molar-refractivity contribution in [2.45, 2.75) is 32.0 Å². The summed E-state index contributed by atoms with van der Waals surface area (Å²) in [6.45, 7) is 2.17. The summed E-state index contributed by atoms with van der Waals surface area (Å²) in [5, 5.41) is 2.73. The largest absolute Gasteiger partial charge is 0.433 e. The van der Waals surface area contributed by atoms with Crippen molar-refractivity contribution in [3.63, 3.8) is 0 Å². The van der Waals surface area contributed by atoms with Crippen LogP contribution in [0.3, 0.4) is 0 Å². The molecule has 1 aliphatic heterocycles. The minimum Gasteiger partial charge on any atom is -0.356 e. The summed E-state index contributed by atoms with van der Waals surface area (Å²) in [7, 11) is 0. The van der Waals surface area contributed by atoms with Crippen LogP contribution >= 0.6 is 0 Å². The average molecular weight is 400 g/mol. The highest BCUT2D eigenvalue weighted by atomic mass is 19.4. The molecule has 0 bridgehead atoms. The van der Waals surface area contributed by atoms with Gasteiger partial charge in [-0.2, -0.15) is 13.2 Å². The van der Waals surface area contributed by atoms with Crippen molar-refractivity contribution in [2.24, 2.45) is 0 Å². The van der Waals surface area contributed by atoms with Crippen LogP contribution in [-0.2, 0) is 6.18 Å². The molecular formula is C18H17F5N4O. The van der Waals surface area contributed by atoms with Gasteiger partial charge in [0.2, 0.25) is 0 Å². The maximum absolute atomic E-state index is 13.3. The van der Waals surface area contributed by atoms with Crippen LogP contribution < -0.4 is 10.2 Å². The number of alkyl halides is 3. The second-order valence-corrected chi connectivity index (χ2v) is 6.52. The van der Waals surface area contributed by atoms with Crippen LogP contribution in [-0.4, -0.2) is 35.0 Å². The molecule has 0 atom stereocenters. The van der Waals surface area contributed by atoms with Crippen molar-refractivity contribution in [1.29, 1.82) is 0 Å². The number of piperidine rings is 1. The Balaban J connectivity index is 1.62. The Hall–Kier alpha value is -2.78. The molecule has 3 rings (SSSR count). The minimum atomic E-state index is -4.56. The highest BCUT2D eigenvalue weighted by Crippen LogP contribution is 2.30. The molecule has 28 heavy (non-hydrogen) atoms. The fraction of sp³-hybridized carbons (Fsp3) is 0.389. The third-order valence-corrected chi connectivity index (χ3v) is 4.45. The maximum Gasteiger partial charge on any atom is 0.433 e. The van der Waals surface area contributed by atoms with Gasteiger partial charge in [0.1, 0.15) is 17.3 Å². The highest BCUT2D eigenvalue weighted by Gasteiger charge is 2.34. The van der Waals surface area contributed by atoms with Gasteiger partial charge in [-0.05, 0) is 38.0 Å². The Bertz CT molecular complexity index is 879. The first-order chi connectivity index (χ1) is 13.1. The summed E-state index contributed by atoms with van der Waals surface area (Å²) in [4.78, 5) is 21.4. The fourth-order valence-electron chi connectivity index (χ4n) is 3.02. The molecule has 1 aromatic heterocycles. The van der Waals surface area contributed by atoms with Crippen LogP contribution in [0.5, 0.6) is 0 Å². The number of nitrogens with zero attached hydrogens (tertiary/aromatic N) is 3. The fourth-order valence-corrected chi connectivity index (χ4v) is 3.02. The van der Waals surface area contributed by atoms with Crippen LogP contribution in [0.1, 0.15) is 34.7 Å². The van der Waals surface area contributed by atoms with Crippen molar-refractivity contribution >= 4 is 11.7 Å². The predicted molar refractivity (Wildman–Crippen MR) is 90.8 cm³/mol. The van der Waals surface area contributed by atoms with E-state index in [-0.39, 0.29) is 23.2 Å². The number of aromatic nitrogens is 2. The number of carbonyl (C=O) groups excluding carboxylic acids is 1. The van der Waals surface area contributed by atoms with Crippen molar-refractivity contribution in [2.75, 3.05) is 18.0 Å². The number of carbonyl (C=O) groups is 1. The number of halogens is 5.